The van der Waals surface area contributed by atoms with Crippen molar-refractivity contribution in [1.29, 1.82) is 0 Å². The standard InChI is InChI=1S/C11H8O2.C2H7N/c12-11(13)10-7-3-5-8-4-1-2-6-9(8)10;1-2-3/h1-7H,(H,12,13);2-3H2,1H3. The van der Waals surface area contributed by atoms with E-state index in [2.05, 4.69) is 0 Å². The largest absolute Gasteiger partial charge is 0.478 e. The highest BCUT2D eigenvalue weighted by atomic mass is 16.4. The van der Waals surface area contributed by atoms with Gasteiger partial charge in [0.1, 0.15) is 0 Å². The Morgan fingerprint density at radius 2 is 1.75 bits per heavy atom. The summed E-state index contributed by atoms with van der Waals surface area (Å²) in [5.74, 6) is -0.878. The molecule has 0 saturated heterocycles. The zero-order valence-electron chi connectivity index (χ0n) is 9.18. The molecule has 0 saturated carbocycles. The van der Waals surface area contributed by atoms with Crippen LogP contribution < -0.4 is 5.73 Å². The maximum absolute atomic E-state index is 10.8. The summed E-state index contributed by atoms with van der Waals surface area (Å²) in [5.41, 5.74) is 5.21. The summed E-state index contributed by atoms with van der Waals surface area (Å²) < 4.78 is 0. The number of fused-ring (bicyclic) bond motifs is 1. The van der Waals surface area contributed by atoms with Crippen molar-refractivity contribution >= 4 is 16.7 Å². The molecule has 0 bridgehead atoms. The topological polar surface area (TPSA) is 63.3 Å². The van der Waals surface area contributed by atoms with Crippen LogP contribution in [0.2, 0.25) is 0 Å². The Morgan fingerprint density at radius 3 is 2.38 bits per heavy atom. The van der Waals surface area contributed by atoms with Crippen LogP contribution in [0.15, 0.2) is 42.5 Å². The van der Waals surface area contributed by atoms with Crippen molar-refractivity contribution in [2.45, 2.75) is 6.92 Å². The van der Waals surface area contributed by atoms with Gasteiger partial charge in [-0.05, 0) is 23.4 Å². The predicted molar refractivity (Wildman–Crippen MR) is 65.6 cm³/mol. The van der Waals surface area contributed by atoms with Crippen molar-refractivity contribution in [2.75, 3.05) is 6.54 Å². The number of rotatable bonds is 1. The van der Waals surface area contributed by atoms with Crippen LogP contribution in [0, 0.1) is 0 Å². The molecule has 84 valence electrons. The molecule has 3 nitrogen and oxygen atoms in total. The second-order valence-electron chi connectivity index (χ2n) is 3.24. The van der Waals surface area contributed by atoms with Crippen LogP contribution in [0.1, 0.15) is 17.3 Å². The van der Waals surface area contributed by atoms with Crippen LogP contribution in [0.4, 0.5) is 0 Å². The van der Waals surface area contributed by atoms with Crippen LogP contribution in [-0.4, -0.2) is 17.6 Å². The highest BCUT2D eigenvalue weighted by Gasteiger charge is 2.05. The lowest BCUT2D eigenvalue weighted by Gasteiger charge is -2.00. The Labute approximate surface area is 94.5 Å². The van der Waals surface area contributed by atoms with Gasteiger partial charge >= 0.3 is 5.97 Å². The smallest absolute Gasteiger partial charge is 0.336 e. The number of benzene rings is 2. The quantitative estimate of drug-likeness (QED) is 0.771. The zero-order valence-corrected chi connectivity index (χ0v) is 9.18. The maximum atomic E-state index is 10.8. The zero-order chi connectivity index (χ0) is 12.0. The molecular formula is C13H15NO2. The van der Waals surface area contributed by atoms with Gasteiger partial charge in [0.2, 0.25) is 0 Å². The summed E-state index contributed by atoms with van der Waals surface area (Å²) in [6.45, 7) is 2.65. The first-order chi connectivity index (χ1) is 7.70. The third-order valence-corrected chi connectivity index (χ3v) is 2.02. The average Bonchev–Trinajstić information content (AvgIpc) is 2.29. The summed E-state index contributed by atoms with van der Waals surface area (Å²) in [5, 5.41) is 10.6. The van der Waals surface area contributed by atoms with Gasteiger partial charge in [-0.2, -0.15) is 0 Å². The van der Waals surface area contributed by atoms with Crippen molar-refractivity contribution in [3.05, 3.63) is 48.0 Å². The SMILES string of the molecule is CCN.O=C(O)c1cccc2ccccc12. The van der Waals surface area contributed by atoms with Crippen molar-refractivity contribution in [3.8, 4) is 0 Å². The molecule has 0 radical (unpaired) electrons. The van der Waals surface area contributed by atoms with E-state index < -0.39 is 5.97 Å². The molecule has 0 aliphatic rings. The summed E-state index contributed by atoms with van der Waals surface area (Å²) in [4.78, 5) is 10.8. The number of carboxylic acids is 1. The maximum Gasteiger partial charge on any atom is 0.336 e. The molecule has 0 amide bonds. The first kappa shape index (κ1) is 12.2. The molecule has 0 aliphatic carbocycles. The molecule has 16 heavy (non-hydrogen) atoms. The predicted octanol–water partition coefficient (Wildman–Crippen LogP) is 2.50. The normalized spacial score (nSPS) is 9.38. The second kappa shape index (κ2) is 5.88. The molecule has 2 aromatic carbocycles. The van der Waals surface area contributed by atoms with Gasteiger partial charge in [0.25, 0.3) is 0 Å². The van der Waals surface area contributed by atoms with E-state index in [1.807, 2.05) is 37.3 Å². The lowest BCUT2D eigenvalue weighted by molar-refractivity contribution is 0.0699. The molecule has 0 fully saturated rings. The number of hydrogen-bond donors (Lipinski definition) is 2. The van der Waals surface area contributed by atoms with E-state index in [1.54, 1.807) is 12.1 Å². The molecule has 0 aliphatic heterocycles. The minimum Gasteiger partial charge on any atom is -0.478 e. The van der Waals surface area contributed by atoms with E-state index in [0.29, 0.717) is 5.56 Å². The Balaban J connectivity index is 0.000000386. The average molecular weight is 217 g/mol. The summed E-state index contributed by atoms with van der Waals surface area (Å²) in [6.07, 6.45) is 0. The number of nitrogens with two attached hydrogens (primary N) is 1. The van der Waals surface area contributed by atoms with Gasteiger partial charge < -0.3 is 10.8 Å². The Bertz CT molecular complexity index is 475. The summed E-state index contributed by atoms with van der Waals surface area (Å²) in [7, 11) is 0. The van der Waals surface area contributed by atoms with E-state index in [1.165, 1.54) is 0 Å². The van der Waals surface area contributed by atoms with Crippen LogP contribution in [0.3, 0.4) is 0 Å². The van der Waals surface area contributed by atoms with Gasteiger partial charge in [-0.1, -0.05) is 43.3 Å². The van der Waals surface area contributed by atoms with Gasteiger partial charge in [0.05, 0.1) is 5.56 Å². The summed E-state index contributed by atoms with van der Waals surface area (Å²) in [6, 6.07) is 12.7. The van der Waals surface area contributed by atoms with Crippen molar-refractivity contribution < 1.29 is 9.90 Å². The number of carbonyl (C=O) groups is 1. The monoisotopic (exact) mass is 217 g/mol. The molecule has 0 unspecified atom stereocenters. The van der Waals surface area contributed by atoms with Gasteiger partial charge in [-0.3, -0.25) is 0 Å². The number of hydrogen-bond acceptors (Lipinski definition) is 2. The van der Waals surface area contributed by atoms with E-state index in [-0.39, 0.29) is 0 Å². The minimum atomic E-state index is -0.878. The van der Waals surface area contributed by atoms with Crippen LogP contribution in [0.5, 0.6) is 0 Å². The van der Waals surface area contributed by atoms with Gasteiger partial charge in [0, 0.05) is 0 Å². The third-order valence-electron chi connectivity index (χ3n) is 2.02. The van der Waals surface area contributed by atoms with E-state index in [4.69, 9.17) is 10.8 Å². The molecular weight excluding hydrogens is 202 g/mol. The van der Waals surface area contributed by atoms with Crippen molar-refractivity contribution in [1.82, 2.24) is 0 Å². The second-order valence-corrected chi connectivity index (χ2v) is 3.24. The fourth-order valence-electron chi connectivity index (χ4n) is 1.41. The number of aromatic carboxylic acids is 1. The molecule has 2 aromatic rings. The molecule has 3 heteroatoms. The van der Waals surface area contributed by atoms with E-state index in [0.717, 1.165) is 17.3 Å². The van der Waals surface area contributed by atoms with Gasteiger partial charge in [-0.25, -0.2) is 4.79 Å². The Morgan fingerprint density at radius 1 is 1.19 bits per heavy atom. The van der Waals surface area contributed by atoms with Gasteiger partial charge in [-0.15, -0.1) is 0 Å². The number of carboxylic acid groups (broad SMARTS) is 1. The minimum absolute atomic E-state index is 0.359. The van der Waals surface area contributed by atoms with Gasteiger partial charge in [0.15, 0.2) is 0 Å². The Kier molecular flexibility index (Phi) is 4.48. The first-order valence-corrected chi connectivity index (χ1v) is 5.11. The first-order valence-electron chi connectivity index (χ1n) is 5.11. The molecule has 0 heterocycles. The van der Waals surface area contributed by atoms with Crippen LogP contribution in [-0.2, 0) is 0 Å². The highest BCUT2D eigenvalue weighted by molar-refractivity contribution is 6.03. The fraction of sp³-hybridized carbons (Fsp3) is 0.154. The summed E-state index contributed by atoms with van der Waals surface area (Å²) >= 11 is 0. The lowest BCUT2D eigenvalue weighted by Crippen LogP contribution is -1.96. The van der Waals surface area contributed by atoms with E-state index in [9.17, 15) is 4.79 Å². The highest BCUT2D eigenvalue weighted by Crippen LogP contribution is 2.17. The molecule has 3 N–H and O–H groups in total. The van der Waals surface area contributed by atoms with Crippen molar-refractivity contribution in [3.63, 3.8) is 0 Å². The van der Waals surface area contributed by atoms with Crippen LogP contribution in [0.25, 0.3) is 10.8 Å². The molecule has 0 spiro atoms. The van der Waals surface area contributed by atoms with E-state index >= 15 is 0 Å². The lowest BCUT2D eigenvalue weighted by atomic mass is 10.1. The molecule has 0 atom stereocenters. The van der Waals surface area contributed by atoms with Crippen molar-refractivity contribution in [2.24, 2.45) is 5.73 Å². The molecule has 0 aromatic heterocycles. The Hall–Kier alpha value is -1.87. The molecule has 2 rings (SSSR count). The fourth-order valence-corrected chi connectivity index (χ4v) is 1.41. The third kappa shape index (κ3) is 2.81. The van der Waals surface area contributed by atoms with Crippen LogP contribution >= 0.6 is 0 Å².